The summed E-state index contributed by atoms with van der Waals surface area (Å²) in [6, 6.07) is 7.39. The van der Waals surface area contributed by atoms with Crippen molar-refractivity contribution in [1.82, 2.24) is 14.9 Å². The Hall–Kier alpha value is -2.21. The Kier molecular flexibility index (Phi) is 5.95. The number of hydrogen-bond donors (Lipinski definition) is 1. The molecule has 6 nitrogen and oxygen atoms in total. The summed E-state index contributed by atoms with van der Waals surface area (Å²) in [6.45, 7) is 10.2. The molecule has 0 radical (unpaired) electrons. The van der Waals surface area contributed by atoms with Crippen LogP contribution in [0.1, 0.15) is 46.9 Å². The third kappa shape index (κ3) is 5.39. The molecule has 0 unspecified atom stereocenters. The summed E-state index contributed by atoms with van der Waals surface area (Å²) < 4.78 is 5.42. The quantitative estimate of drug-likeness (QED) is 0.815. The van der Waals surface area contributed by atoms with Crippen LogP contribution in [0, 0.1) is 0 Å². The van der Waals surface area contributed by atoms with Gasteiger partial charge in [0, 0.05) is 6.04 Å². The van der Waals surface area contributed by atoms with Crippen molar-refractivity contribution in [3.05, 3.63) is 40.4 Å². The Morgan fingerprint density at radius 3 is 2.64 bits per heavy atom. The Balaban J connectivity index is 2.22. The van der Waals surface area contributed by atoms with Gasteiger partial charge in [0.2, 0.25) is 0 Å². The highest BCUT2D eigenvalue weighted by Gasteiger charge is 2.22. The topological polar surface area (TPSA) is 75.3 Å². The minimum absolute atomic E-state index is 0.156. The van der Waals surface area contributed by atoms with Crippen LogP contribution < -0.4 is 5.56 Å². The fourth-order valence-corrected chi connectivity index (χ4v) is 2.57. The number of ether oxygens (including phenoxy) is 1. The molecule has 0 fully saturated rings. The molecule has 1 heterocycles. The molecule has 136 valence electrons. The van der Waals surface area contributed by atoms with Crippen molar-refractivity contribution in [1.29, 1.82) is 0 Å². The van der Waals surface area contributed by atoms with Crippen LogP contribution in [0.3, 0.4) is 0 Å². The first kappa shape index (κ1) is 19.1. The predicted octanol–water partition coefficient (Wildman–Crippen LogP) is 2.87. The van der Waals surface area contributed by atoms with E-state index in [1.165, 1.54) is 0 Å². The van der Waals surface area contributed by atoms with Crippen molar-refractivity contribution >= 4 is 16.9 Å². The Morgan fingerprint density at radius 1 is 1.32 bits per heavy atom. The van der Waals surface area contributed by atoms with Crippen molar-refractivity contribution < 1.29 is 9.53 Å². The molecule has 0 bridgehead atoms. The van der Waals surface area contributed by atoms with Gasteiger partial charge in [0.05, 0.1) is 24.0 Å². The maximum Gasteiger partial charge on any atom is 0.320 e. The van der Waals surface area contributed by atoms with Crippen LogP contribution in [-0.4, -0.2) is 39.0 Å². The number of esters is 1. The van der Waals surface area contributed by atoms with Gasteiger partial charge < -0.3 is 9.72 Å². The Bertz CT molecular complexity index is 792. The molecular weight excluding hydrogens is 318 g/mol. The first-order valence-electron chi connectivity index (χ1n) is 8.63. The van der Waals surface area contributed by atoms with E-state index in [0.717, 1.165) is 6.42 Å². The van der Waals surface area contributed by atoms with E-state index in [-0.39, 0.29) is 24.1 Å². The standard InChI is InChI=1S/C19H27N3O3/c1-6-13(2)22(12-17(23)25-19(3,4)5)11-16-20-15-10-8-7-9-14(15)18(24)21-16/h7-10,13H,6,11-12H2,1-5H3,(H,20,21,24)/t13-/m1/s1. The lowest BCUT2D eigenvalue weighted by molar-refractivity contribution is -0.156. The normalized spacial score (nSPS) is 13.2. The molecule has 0 aliphatic carbocycles. The molecule has 0 aliphatic heterocycles. The second-order valence-corrected chi connectivity index (χ2v) is 7.28. The zero-order valence-corrected chi connectivity index (χ0v) is 15.6. The average molecular weight is 345 g/mol. The smallest absolute Gasteiger partial charge is 0.320 e. The fourth-order valence-electron chi connectivity index (χ4n) is 2.57. The van der Waals surface area contributed by atoms with Gasteiger partial charge in [0.15, 0.2) is 0 Å². The number of rotatable bonds is 6. The average Bonchev–Trinajstić information content (AvgIpc) is 2.51. The van der Waals surface area contributed by atoms with Crippen LogP contribution >= 0.6 is 0 Å². The summed E-state index contributed by atoms with van der Waals surface area (Å²) in [5, 5.41) is 0.563. The molecule has 0 amide bonds. The molecule has 0 saturated carbocycles. The molecular formula is C19H27N3O3. The SMILES string of the molecule is CC[C@@H](C)N(CC(=O)OC(C)(C)C)Cc1nc2ccccc2c(=O)[nH]1. The molecule has 2 rings (SSSR count). The van der Waals surface area contributed by atoms with E-state index in [9.17, 15) is 9.59 Å². The van der Waals surface area contributed by atoms with E-state index in [2.05, 4.69) is 16.9 Å². The van der Waals surface area contributed by atoms with Crippen LogP contribution in [0.5, 0.6) is 0 Å². The van der Waals surface area contributed by atoms with Gasteiger partial charge in [0.25, 0.3) is 5.56 Å². The zero-order chi connectivity index (χ0) is 18.6. The summed E-state index contributed by atoms with van der Waals surface area (Å²) in [5.41, 5.74) is -0.0298. The van der Waals surface area contributed by atoms with Gasteiger partial charge in [-0.05, 0) is 46.2 Å². The summed E-state index contributed by atoms with van der Waals surface area (Å²) in [5.74, 6) is 0.267. The molecule has 0 aliphatic rings. The maximum absolute atomic E-state index is 12.2. The highest BCUT2D eigenvalue weighted by molar-refractivity contribution is 5.77. The predicted molar refractivity (Wildman–Crippen MR) is 98.4 cm³/mol. The zero-order valence-electron chi connectivity index (χ0n) is 15.6. The molecule has 1 aromatic heterocycles. The Labute approximate surface area is 148 Å². The largest absolute Gasteiger partial charge is 0.459 e. The fraction of sp³-hybridized carbons (Fsp3) is 0.526. The molecule has 25 heavy (non-hydrogen) atoms. The molecule has 0 spiro atoms. The van der Waals surface area contributed by atoms with Crippen molar-refractivity contribution in [2.24, 2.45) is 0 Å². The van der Waals surface area contributed by atoms with Gasteiger partial charge in [-0.15, -0.1) is 0 Å². The van der Waals surface area contributed by atoms with E-state index in [1.54, 1.807) is 6.07 Å². The second-order valence-electron chi connectivity index (χ2n) is 7.28. The lowest BCUT2D eigenvalue weighted by Crippen LogP contribution is -2.40. The van der Waals surface area contributed by atoms with Gasteiger partial charge in [-0.3, -0.25) is 14.5 Å². The lowest BCUT2D eigenvalue weighted by Gasteiger charge is -2.28. The highest BCUT2D eigenvalue weighted by Crippen LogP contribution is 2.13. The molecule has 0 saturated heterocycles. The second kappa shape index (κ2) is 7.78. The summed E-state index contributed by atoms with van der Waals surface area (Å²) in [4.78, 5) is 33.7. The number of aromatic amines is 1. The van der Waals surface area contributed by atoms with Gasteiger partial charge in [0.1, 0.15) is 11.4 Å². The van der Waals surface area contributed by atoms with Crippen LogP contribution in [0.2, 0.25) is 0 Å². The summed E-state index contributed by atoms with van der Waals surface area (Å²) >= 11 is 0. The molecule has 6 heteroatoms. The van der Waals surface area contributed by atoms with E-state index in [1.807, 2.05) is 50.8 Å². The van der Waals surface area contributed by atoms with Crippen LogP contribution in [0.4, 0.5) is 0 Å². The van der Waals surface area contributed by atoms with Gasteiger partial charge >= 0.3 is 5.97 Å². The number of H-pyrrole nitrogens is 1. The number of fused-ring (bicyclic) bond motifs is 1. The lowest BCUT2D eigenvalue weighted by atomic mass is 10.2. The number of carbonyl (C=O) groups excluding carboxylic acids is 1. The van der Waals surface area contributed by atoms with E-state index >= 15 is 0 Å². The van der Waals surface area contributed by atoms with Crippen molar-refractivity contribution in [3.63, 3.8) is 0 Å². The molecule has 1 N–H and O–H groups in total. The third-order valence-corrected chi connectivity index (χ3v) is 3.98. The van der Waals surface area contributed by atoms with Crippen LogP contribution in [0.15, 0.2) is 29.1 Å². The third-order valence-electron chi connectivity index (χ3n) is 3.98. The first-order chi connectivity index (χ1) is 11.7. The number of para-hydroxylation sites is 1. The highest BCUT2D eigenvalue weighted by atomic mass is 16.6. The molecule has 1 atom stereocenters. The van der Waals surface area contributed by atoms with Crippen molar-refractivity contribution in [3.8, 4) is 0 Å². The summed E-state index contributed by atoms with van der Waals surface area (Å²) in [6.07, 6.45) is 0.876. The number of nitrogens with zero attached hydrogens (tertiary/aromatic N) is 2. The number of hydrogen-bond acceptors (Lipinski definition) is 5. The van der Waals surface area contributed by atoms with E-state index in [4.69, 9.17) is 4.74 Å². The summed E-state index contributed by atoms with van der Waals surface area (Å²) in [7, 11) is 0. The number of carbonyl (C=O) groups is 1. The molecule has 1 aromatic carbocycles. The molecule has 2 aromatic rings. The monoisotopic (exact) mass is 345 g/mol. The van der Waals surface area contributed by atoms with E-state index in [0.29, 0.717) is 23.3 Å². The number of benzene rings is 1. The minimum Gasteiger partial charge on any atom is -0.459 e. The maximum atomic E-state index is 12.2. The number of aromatic nitrogens is 2. The Morgan fingerprint density at radius 2 is 2.00 bits per heavy atom. The van der Waals surface area contributed by atoms with Gasteiger partial charge in [-0.25, -0.2) is 4.98 Å². The van der Waals surface area contributed by atoms with Crippen molar-refractivity contribution in [2.45, 2.75) is 59.2 Å². The first-order valence-corrected chi connectivity index (χ1v) is 8.63. The number of nitrogens with one attached hydrogen (secondary N) is 1. The van der Waals surface area contributed by atoms with Gasteiger partial charge in [-0.2, -0.15) is 0 Å². The van der Waals surface area contributed by atoms with Gasteiger partial charge in [-0.1, -0.05) is 19.1 Å². The van der Waals surface area contributed by atoms with Crippen LogP contribution in [-0.2, 0) is 16.1 Å². The minimum atomic E-state index is -0.520. The van der Waals surface area contributed by atoms with Crippen LogP contribution in [0.25, 0.3) is 10.9 Å². The van der Waals surface area contributed by atoms with E-state index < -0.39 is 5.60 Å². The van der Waals surface area contributed by atoms with Crippen molar-refractivity contribution in [2.75, 3.05) is 6.54 Å².